The number of amides is 1. The number of para-hydroxylation sites is 3. The van der Waals surface area contributed by atoms with Crippen LogP contribution in [0.25, 0.3) is 11.0 Å². The summed E-state index contributed by atoms with van der Waals surface area (Å²) < 4.78 is 8.37. The molecule has 0 atom stereocenters. The molecule has 170 valence electrons. The van der Waals surface area contributed by atoms with Crippen molar-refractivity contribution in [3.63, 3.8) is 0 Å². The summed E-state index contributed by atoms with van der Waals surface area (Å²) in [5, 5.41) is 3.03. The Morgan fingerprint density at radius 1 is 0.970 bits per heavy atom. The van der Waals surface area contributed by atoms with Gasteiger partial charge in [0.05, 0.1) is 24.0 Å². The highest BCUT2D eigenvalue weighted by atomic mass is 16.5. The number of nitrogens with zero attached hydrogens (tertiary/aromatic N) is 2. The molecule has 0 aliphatic carbocycles. The van der Waals surface area contributed by atoms with Gasteiger partial charge in [0.1, 0.15) is 18.2 Å². The Labute approximate surface area is 195 Å². The van der Waals surface area contributed by atoms with E-state index < -0.39 is 0 Å². The molecule has 33 heavy (non-hydrogen) atoms. The highest BCUT2D eigenvalue weighted by Crippen LogP contribution is 2.26. The Morgan fingerprint density at radius 3 is 2.52 bits per heavy atom. The number of carbonyl (C=O) groups is 1. The first-order chi connectivity index (χ1) is 16.1. The Kier molecular flexibility index (Phi) is 7.40. The van der Waals surface area contributed by atoms with Crippen LogP contribution >= 0.6 is 0 Å². The monoisotopic (exact) mass is 441 g/mol. The van der Waals surface area contributed by atoms with Gasteiger partial charge < -0.3 is 14.6 Å². The molecule has 1 N–H and O–H groups in total. The Bertz CT molecular complexity index is 1200. The van der Waals surface area contributed by atoms with Crippen LogP contribution in [-0.4, -0.2) is 28.6 Å². The van der Waals surface area contributed by atoms with E-state index >= 15 is 0 Å². The molecule has 0 saturated heterocycles. The van der Waals surface area contributed by atoms with E-state index in [0.29, 0.717) is 38.5 Å². The summed E-state index contributed by atoms with van der Waals surface area (Å²) in [6, 6.07) is 26.2. The van der Waals surface area contributed by atoms with Gasteiger partial charge in [0.2, 0.25) is 5.91 Å². The molecule has 0 bridgehead atoms. The van der Waals surface area contributed by atoms with Crippen LogP contribution in [0.3, 0.4) is 0 Å². The van der Waals surface area contributed by atoms with Crippen molar-refractivity contribution >= 4 is 16.9 Å². The molecule has 0 aliphatic rings. The second-order valence-corrected chi connectivity index (χ2v) is 8.47. The second-order valence-electron chi connectivity index (χ2n) is 8.47. The number of hydrogen-bond donors (Lipinski definition) is 1. The van der Waals surface area contributed by atoms with Gasteiger partial charge in [0, 0.05) is 13.0 Å². The number of aromatic nitrogens is 2. The molecule has 5 heteroatoms. The highest BCUT2D eigenvalue weighted by Gasteiger charge is 2.12. The molecular weight excluding hydrogens is 410 g/mol. The van der Waals surface area contributed by atoms with E-state index in [1.165, 1.54) is 5.56 Å². The lowest BCUT2D eigenvalue weighted by molar-refractivity contribution is -0.120. The number of ether oxygens (including phenoxy) is 1. The van der Waals surface area contributed by atoms with E-state index in [2.05, 4.69) is 41.9 Å². The van der Waals surface area contributed by atoms with Crippen molar-refractivity contribution in [1.82, 2.24) is 14.9 Å². The maximum absolute atomic E-state index is 12.3. The Morgan fingerprint density at radius 2 is 1.70 bits per heavy atom. The van der Waals surface area contributed by atoms with Crippen molar-refractivity contribution in [2.45, 2.75) is 39.2 Å². The van der Waals surface area contributed by atoms with E-state index in [-0.39, 0.29) is 5.91 Å². The fourth-order valence-corrected chi connectivity index (χ4v) is 4.06. The van der Waals surface area contributed by atoms with Gasteiger partial charge in [0.25, 0.3) is 0 Å². The molecule has 1 heterocycles. The van der Waals surface area contributed by atoms with Crippen LogP contribution in [-0.2, 0) is 24.2 Å². The number of rotatable bonds is 10. The van der Waals surface area contributed by atoms with Crippen molar-refractivity contribution in [3.05, 3.63) is 95.8 Å². The summed E-state index contributed by atoms with van der Waals surface area (Å²) in [6.45, 7) is 6.15. The average Bonchev–Trinajstić information content (AvgIpc) is 3.17. The van der Waals surface area contributed by atoms with Crippen molar-refractivity contribution in [3.8, 4) is 5.75 Å². The number of nitrogens with one attached hydrogen (secondary N) is 1. The number of fused-ring (bicyclic) bond motifs is 1. The van der Waals surface area contributed by atoms with Crippen LogP contribution in [0.5, 0.6) is 5.75 Å². The first-order valence-corrected chi connectivity index (χ1v) is 11.6. The average molecular weight is 442 g/mol. The number of imidazole rings is 1. The first-order valence-electron chi connectivity index (χ1n) is 11.6. The minimum absolute atomic E-state index is 0.0255. The zero-order chi connectivity index (χ0) is 23.0. The van der Waals surface area contributed by atoms with Gasteiger partial charge in [-0.15, -0.1) is 0 Å². The quantitative estimate of drug-likeness (QED) is 0.371. The summed E-state index contributed by atoms with van der Waals surface area (Å²) in [5.74, 6) is 2.33. The van der Waals surface area contributed by atoms with Crippen LogP contribution in [0.2, 0.25) is 0 Å². The van der Waals surface area contributed by atoms with Crippen molar-refractivity contribution in [2.75, 3.05) is 13.2 Å². The lowest BCUT2D eigenvalue weighted by atomic mass is 10.0. The smallest absolute Gasteiger partial charge is 0.224 e. The minimum Gasteiger partial charge on any atom is -0.491 e. The van der Waals surface area contributed by atoms with Crippen molar-refractivity contribution in [1.29, 1.82) is 0 Å². The summed E-state index contributed by atoms with van der Waals surface area (Å²) in [4.78, 5) is 17.1. The summed E-state index contributed by atoms with van der Waals surface area (Å²) in [7, 11) is 0. The predicted octanol–water partition coefficient (Wildman–Crippen LogP) is 5.14. The number of carbonyl (C=O) groups excluding carboxylic acids is 1. The minimum atomic E-state index is 0.0255. The summed E-state index contributed by atoms with van der Waals surface area (Å²) >= 11 is 0. The molecule has 0 fully saturated rings. The van der Waals surface area contributed by atoms with Crippen LogP contribution in [0.4, 0.5) is 0 Å². The normalized spacial score (nSPS) is 11.1. The molecule has 4 aromatic rings. The van der Waals surface area contributed by atoms with E-state index in [4.69, 9.17) is 9.72 Å². The Hall–Kier alpha value is -3.60. The fourth-order valence-electron chi connectivity index (χ4n) is 4.06. The number of hydrogen-bond acceptors (Lipinski definition) is 3. The molecule has 0 saturated carbocycles. The van der Waals surface area contributed by atoms with Crippen LogP contribution in [0, 0.1) is 0 Å². The van der Waals surface area contributed by atoms with Crippen LogP contribution < -0.4 is 10.1 Å². The van der Waals surface area contributed by atoms with Crippen molar-refractivity contribution in [2.24, 2.45) is 0 Å². The molecule has 1 aromatic heterocycles. The van der Waals surface area contributed by atoms with Gasteiger partial charge in [-0.3, -0.25) is 4.79 Å². The molecule has 0 aliphatic heterocycles. The zero-order valence-electron chi connectivity index (χ0n) is 19.3. The van der Waals surface area contributed by atoms with Gasteiger partial charge in [-0.25, -0.2) is 4.98 Å². The largest absolute Gasteiger partial charge is 0.491 e. The lowest BCUT2D eigenvalue weighted by Crippen LogP contribution is -2.28. The fraction of sp³-hybridized carbons (Fsp3) is 0.286. The molecule has 3 aromatic carbocycles. The van der Waals surface area contributed by atoms with E-state index in [1.54, 1.807) is 0 Å². The maximum atomic E-state index is 12.3. The molecule has 5 nitrogen and oxygen atoms in total. The van der Waals surface area contributed by atoms with Crippen molar-refractivity contribution < 1.29 is 9.53 Å². The topological polar surface area (TPSA) is 56.1 Å². The molecule has 1 amide bonds. The Balaban J connectivity index is 1.40. The number of benzene rings is 3. The molecule has 4 rings (SSSR count). The predicted molar refractivity (Wildman–Crippen MR) is 133 cm³/mol. The van der Waals surface area contributed by atoms with E-state index in [1.807, 2.05) is 60.7 Å². The second kappa shape index (κ2) is 10.8. The third-order valence-corrected chi connectivity index (χ3v) is 5.73. The SMILES string of the molecule is CC(C)c1ccccc1OCCn1c(CCNC(=O)Cc2ccccc2)nc2ccccc21. The van der Waals surface area contributed by atoms with Gasteiger partial charge in [0.15, 0.2) is 0 Å². The summed E-state index contributed by atoms with van der Waals surface area (Å²) in [6.07, 6.45) is 1.05. The molecule has 0 spiro atoms. The van der Waals surface area contributed by atoms with E-state index in [0.717, 1.165) is 28.2 Å². The molecule has 0 radical (unpaired) electrons. The lowest BCUT2D eigenvalue weighted by Gasteiger charge is -2.15. The molecular formula is C28H31N3O2. The van der Waals surface area contributed by atoms with Gasteiger partial charge in [-0.2, -0.15) is 0 Å². The summed E-state index contributed by atoms with van der Waals surface area (Å²) in [5.41, 5.74) is 4.28. The van der Waals surface area contributed by atoms with Crippen LogP contribution in [0.1, 0.15) is 36.7 Å². The third kappa shape index (κ3) is 5.80. The van der Waals surface area contributed by atoms with Gasteiger partial charge in [-0.05, 0) is 35.2 Å². The maximum Gasteiger partial charge on any atom is 0.224 e. The third-order valence-electron chi connectivity index (χ3n) is 5.73. The van der Waals surface area contributed by atoms with Gasteiger partial charge >= 0.3 is 0 Å². The standard InChI is InChI=1S/C28H31N3O2/c1-21(2)23-12-6-9-15-26(23)33-19-18-31-25-14-8-7-13-24(25)30-27(31)16-17-29-28(32)20-22-10-4-3-5-11-22/h3-15,21H,16-20H2,1-2H3,(H,29,32). The zero-order valence-corrected chi connectivity index (χ0v) is 19.3. The van der Waals surface area contributed by atoms with Crippen LogP contribution in [0.15, 0.2) is 78.9 Å². The van der Waals surface area contributed by atoms with Gasteiger partial charge in [-0.1, -0.05) is 74.5 Å². The van der Waals surface area contributed by atoms with E-state index in [9.17, 15) is 4.79 Å². The first kappa shape index (κ1) is 22.6. The molecule has 0 unspecified atom stereocenters. The highest BCUT2D eigenvalue weighted by molar-refractivity contribution is 5.78.